The molecule has 0 N–H and O–H groups in total. The van der Waals surface area contributed by atoms with E-state index in [-0.39, 0.29) is 50.8 Å². The molecule has 0 aliphatic carbocycles. The molecule has 0 aliphatic rings. The van der Waals surface area contributed by atoms with Crippen LogP contribution in [0.25, 0.3) is 0 Å². The summed E-state index contributed by atoms with van der Waals surface area (Å²) in [6, 6.07) is 9.87. The standard InChI is InChI=1S/C7H7.C5H11.ClH.Mg.H3P/c1-7-5-3-2-4-6-7;1-5(2,3)4;;;/h2-6H,1H2;1H2,2-4H3;1H;;1H3/q2*-1;;+2;. The Labute approximate surface area is 121 Å². The molecule has 0 fully saturated rings. The van der Waals surface area contributed by atoms with Gasteiger partial charge in [0.2, 0.25) is 0 Å². The van der Waals surface area contributed by atoms with Gasteiger partial charge in [0, 0.05) is 0 Å². The molecule has 0 nitrogen and oxygen atoms in total. The summed E-state index contributed by atoms with van der Waals surface area (Å²) in [5.41, 5.74) is 1.32. The summed E-state index contributed by atoms with van der Waals surface area (Å²) in [5, 5.41) is 0. The van der Waals surface area contributed by atoms with Crippen LogP contribution < -0.4 is 0 Å². The third-order valence-corrected chi connectivity index (χ3v) is 0.843. The SMILES string of the molecule is Cl.P.[CH2-]C(C)(C)C.[CH2-]c1ccccc1.[Mg+2]. The van der Waals surface area contributed by atoms with Crippen molar-refractivity contribution >= 4 is 45.4 Å². The molecule has 1 rings (SSSR count). The summed E-state index contributed by atoms with van der Waals surface area (Å²) in [4.78, 5) is 0. The molecule has 0 heterocycles. The fraction of sp³-hybridized carbons (Fsp3) is 0.333. The van der Waals surface area contributed by atoms with E-state index in [0.29, 0.717) is 0 Å². The second-order valence-corrected chi connectivity index (χ2v) is 4.05. The molecule has 0 aliphatic heterocycles. The average molecular weight is 257 g/mol. The van der Waals surface area contributed by atoms with E-state index in [1.165, 1.54) is 0 Å². The normalized spacial score (nSPS) is 8.00. The fourth-order valence-corrected chi connectivity index (χ4v) is 0.478. The third-order valence-electron chi connectivity index (χ3n) is 0.843. The van der Waals surface area contributed by atoms with Crippen molar-refractivity contribution in [2.75, 3.05) is 0 Å². The number of hydrogen-bond donors (Lipinski definition) is 0. The first-order valence-corrected chi connectivity index (χ1v) is 4.12. The molecule has 3 heteroatoms. The van der Waals surface area contributed by atoms with Crippen LogP contribution in [0.15, 0.2) is 30.3 Å². The van der Waals surface area contributed by atoms with Crippen molar-refractivity contribution in [2.24, 2.45) is 5.41 Å². The number of rotatable bonds is 0. The maximum Gasteiger partial charge on any atom is 2.00 e. The summed E-state index contributed by atoms with van der Waals surface area (Å²) in [5.74, 6) is 0. The van der Waals surface area contributed by atoms with Gasteiger partial charge in [0.15, 0.2) is 0 Å². The Morgan fingerprint density at radius 3 is 1.40 bits per heavy atom. The largest absolute Gasteiger partial charge is 2.00 e. The molecule has 0 amide bonds. The Bertz CT molecular complexity index is 201. The van der Waals surface area contributed by atoms with Crippen LogP contribution in [0.1, 0.15) is 26.3 Å². The van der Waals surface area contributed by atoms with Gasteiger partial charge in [0.05, 0.1) is 0 Å². The van der Waals surface area contributed by atoms with Crippen molar-refractivity contribution < 1.29 is 0 Å². The van der Waals surface area contributed by atoms with Gasteiger partial charge in [-0.05, 0) is 0 Å². The van der Waals surface area contributed by atoms with Crippen molar-refractivity contribution in [3.05, 3.63) is 49.7 Å². The van der Waals surface area contributed by atoms with Crippen LogP contribution >= 0.6 is 22.3 Å². The molecule has 15 heavy (non-hydrogen) atoms. The Morgan fingerprint density at radius 1 is 1.00 bits per heavy atom. The van der Waals surface area contributed by atoms with Gasteiger partial charge in [-0.25, -0.2) is 0 Å². The van der Waals surface area contributed by atoms with E-state index in [9.17, 15) is 0 Å². The van der Waals surface area contributed by atoms with Crippen LogP contribution in [-0.4, -0.2) is 23.1 Å². The molecule has 0 radical (unpaired) electrons. The van der Waals surface area contributed by atoms with E-state index in [2.05, 4.69) is 34.6 Å². The van der Waals surface area contributed by atoms with Crippen LogP contribution in [0.3, 0.4) is 0 Å². The van der Waals surface area contributed by atoms with Crippen molar-refractivity contribution in [1.82, 2.24) is 0 Å². The van der Waals surface area contributed by atoms with Crippen molar-refractivity contribution in [2.45, 2.75) is 20.8 Å². The van der Waals surface area contributed by atoms with Crippen LogP contribution in [-0.2, 0) is 0 Å². The molecule has 0 saturated heterocycles. The van der Waals surface area contributed by atoms with Crippen LogP contribution in [0, 0.1) is 19.3 Å². The molecular formula is C12H22ClMgP. The van der Waals surface area contributed by atoms with E-state index in [0.717, 1.165) is 5.56 Å². The summed E-state index contributed by atoms with van der Waals surface area (Å²) in [7, 11) is 0. The van der Waals surface area contributed by atoms with E-state index >= 15 is 0 Å². The predicted octanol–water partition coefficient (Wildman–Crippen LogP) is 3.83. The molecule has 0 saturated carbocycles. The molecule has 84 valence electrons. The fourth-order valence-electron chi connectivity index (χ4n) is 0.478. The van der Waals surface area contributed by atoms with Crippen LogP contribution in [0.5, 0.6) is 0 Å². The minimum absolute atomic E-state index is 0. The maximum atomic E-state index is 3.77. The Kier molecular flexibility index (Phi) is 20.8. The molecule has 1 atom stereocenters. The molecule has 0 spiro atoms. The first-order chi connectivity index (χ1) is 5.39. The zero-order valence-corrected chi connectivity index (χ0v) is 13.8. The number of hydrogen-bond acceptors (Lipinski definition) is 0. The zero-order chi connectivity index (χ0) is 9.61. The van der Waals surface area contributed by atoms with Crippen molar-refractivity contribution in [1.29, 1.82) is 0 Å². The predicted molar refractivity (Wildman–Crippen MR) is 79.8 cm³/mol. The van der Waals surface area contributed by atoms with E-state index in [4.69, 9.17) is 0 Å². The van der Waals surface area contributed by atoms with Gasteiger partial charge >= 0.3 is 23.1 Å². The summed E-state index contributed by atoms with van der Waals surface area (Å²) >= 11 is 0. The minimum atomic E-state index is 0. The smallest absolute Gasteiger partial charge is 0.338 e. The van der Waals surface area contributed by atoms with Gasteiger partial charge in [-0.2, -0.15) is 39.9 Å². The quantitative estimate of drug-likeness (QED) is 0.376. The Balaban J connectivity index is -0.0000000701. The van der Waals surface area contributed by atoms with E-state index in [1.807, 2.05) is 30.3 Å². The van der Waals surface area contributed by atoms with Gasteiger partial charge in [0.1, 0.15) is 0 Å². The third kappa shape index (κ3) is 31.3. The average Bonchev–Trinajstić information content (AvgIpc) is 1.85. The maximum absolute atomic E-state index is 3.77. The monoisotopic (exact) mass is 256 g/mol. The molecule has 1 aromatic carbocycles. The first kappa shape index (κ1) is 24.7. The second-order valence-electron chi connectivity index (χ2n) is 4.05. The zero-order valence-electron chi connectivity index (χ0n) is 10.1. The molecular weight excluding hydrogens is 235 g/mol. The number of benzene rings is 1. The van der Waals surface area contributed by atoms with Crippen LogP contribution in [0.2, 0.25) is 0 Å². The summed E-state index contributed by atoms with van der Waals surface area (Å²) in [6.07, 6.45) is 0. The van der Waals surface area contributed by atoms with Gasteiger partial charge in [-0.1, -0.05) is 26.8 Å². The van der Waals surface area contributed by atoms with Gasteiger partial charge in [0.25, 0.3) is 0 Å². The number of halogens is 1. The summed E-state index contributed by atoms with van der Waals surface area (Å²) < 4.78 is 0. The van der Waals surface area contributed by atoms with E-state index in [1.54, 1.807) is 0 Å². The molecule has 1 unspecified atom stereocenters. The van der Waals surface area contributed by atoms with Gasteiger partial charge in [-0.15, -0.1) is 24.5 Å². The Hall–Kier alpha value is 0.576. The molecule has 0 aromatic heterocycles. The van der Waals surface area contributed by atoms with Crippen LogP contribution in [0.4, 0.5) is 0 Å². The minimum Gasteiger partial charge on any atom is -0.338 e. The van der Waals surface area contributed by atoms with Crippen molar-refractivity contribution in [3.8, 4) is 0 Å². The van der Waals surface area contributed by atoms with Gasteiger partial charge in [-0.3, -0.25) is 0 Å². The van der Waals surface area contributed by atoms with E-state index < -0.39 is 0 Å². The molecule has 0 bridgehead atoms. The first-order valence-electron chi connectivity index (χ1n) is 4.12. The van der Waals surface area contributed by atoms with Crippen molar-refractivity contribution in [3.63, 3.8) is 0 Å². The molecule has 1 aromatic rings. The summed E-state index contributed by atoms with van der Waals surface area (Å²) in [6.45, 7) is 13.7. The Morgan fingerprint density at radius 2 is 1.27 bits per heavy atom. The topological polar surface area (TPSA) is 0 Å². The van der Waals surface area contributed by atoms with Gasteiger partial charge < -0.3 is 6.92 Å². The second kappa shape index (κ2) is 12.6.